The fraction of sp³-hybridized carbons (Fsp3) is 0.958. The Kier molecular flexibility index (Phi) is 5.36. The van der Waals surface area contributed by atoms with Crippen molar-refractivity contribution in [2.24, 2.45) is 46.3 Å². The largest absolute Gasteiger partial charge is 0.481 e. The molecule has 0 amide bonds. The molecule has 160 valence electrons. The Hall–Kier alpha value is -0.610. The number of hydrogen-bond donors (Lipinski definition) is 3. The van der Waals surface area contributed by atoms with Crippen molar-refractivity contribution < 1.29 is 20.1 Å². The number of aliphatic hydroxyl groups is 2. The van der Waals surface area contributed by atoms with E-state index in [1.165, 1.54) is 25.7 Å². The summed E-state index contributed by atoms with van der Waals surface area (Å²) in [5.41, 5.74) is 0.523. The third-order valence-corrected chi connectivity index (χ3v) is 10.2. The van der Waals surface area contributed by atoms with Gasteiger partial charge in [-0.3, -0.25) is 4.79 Å². The van der Waals surface area contributed by atoms with Crippen LogP contribution in [0.3, 0.4) is 0 Å². The molecule has 0 saturated heterocycles. The van der Waals surface area contributed by atoms with E-state index in [4.69, 9.17) is 5.11 Å². The highest BCUT2D eigenvalue weighted by Crippen LogP contribution is 2.68. The first-order valence-electron chi connectivity index (χ1n) is 11.7. The minimum atomic E-state index is -0.684. The summed E-state index contributed by atoms with van der Waals surface area (Å²) in [6.07, 6.45) is 9.19. The fourth-order valence-corrected chi connectivity index (χ4v) is 8.73. The van der Waals surface area contributed by atoms with Crippen LogP contribution in [-0.2, 0) is 4.79 Å². The normalized spacial score (nSPS) is 51.7. The van der Waals surface area contributed by atoms with Crippen molar-refractivity contribution in [3.05, 3.63) is 0 Å². The minimum absolute atomic E-state index is 0.179. The second-order valence-electron chi connectivity index (χ2n) is 11.4. The molecule has 4 fully saturated rings. The predicted molar refractivity (Wildman–Crippen MR) is 109 cm³/mol. The van der Waals surface area contributed by atoms with Gasteiger partial charge < -0.3 is 15.3 Å². The van der Waals surface area contributed by atoms with Crippen molar-refractivity contribution in [2.45, 2.75) is 97.2 Å². The maximum atomic E-state index is 11.2. The molecule has 0 aromatic heterocycles. The van der Waals surface area contributed by atoms with Gasteiger partial charge in [0.25, 0.3) is 0 Å². The average molecular weight is 393 g/mol. The first kappa shape index (κ1) is 20.7. The van der Waals surface area contributed by atoms with Crippen LogP contribution in [0.25, 0.3) is 0 Å². The lowest BCUT2D eigenvalue weighted by Gasteiger charge is -2.62. The van der Waals surface area contributed by atoms with E-state index in [1.54, 1.807) is 0 Å². The molecule has 4 heteroatoms. The van der Waals surface area contributed by atoms with Gasteiger partial charge in [-0.15, -0.1) is 0 Å². The van der Waals surface area contributed by atoms with Crippen LogP contribution in [0, 0.1) is 46.3 Å². The van der Waals surface area contributed by atoms with Crippen LogP contribution in [0.5, 0.6) is 0 Å². The summed E-state index contributed by atoms with van der Waals surface area (Å²) in [5.74, 6) is 2.36. The molecule has 0 heterocycles. The van der Waals surface area contributed by atoms with Gasteiger partial charge in [-0.2, -0.15) is 0 Å². The molecule has 6 unspecified atom stereocenters. The molecule has 0 bridgehead atoms. The highest BCUT2D eigenvalue weighted by molar-refractivity contribution is 5.66. The Morgan fingerprint density at radius 2 is 1.68 bits per heavy atom. The van der Waals surface area contributed by atoms with Crippen molar-refractivity contribution in [1.82, 2.24) is 0 Å². The smallest absolute Gasteiger partial charge is 0.303 e. The molecule has 0 aliphatic heterocycles. The molecule has 4 aliphatic carbocycles. The molecule has 4 saturated carbocycles. The van der Waals surface area contributed by atoms with E-state index < -0.39 is 5.97 Å². The predicted octanol–water partition coefficient (Wildman–Crippen LogP) is 4.48. The quantitative estimate of drug-likeness (QED) is 0.659. The number of carbonyl (C=O) groups is 1. The monoisotopic (exact) mass is 392 g/mol. The third-order valence-electron chi connectivity index (χ3n) is 10.2. The zero-order valence-corrected chi connectivity index (χ0v) is 17.9. The minimum Gasteiger partial charge on any atom is -0.481 e. The zero-order valence-electron chi connectivity index (χ0n) is 17.9. The first-order chi connectivity index (χ1) is 13.2. The van der Waals surface area contributed by atoms with Crippen LogP contribution in [0.4, 0.5) is 0 Å². The number of carboxylic acid groups (broad SMARTS) is 1. The number of rotatable bonds is 4. The molecule has 0 spiro atoms. The molecule has 10 atom stereocenters. The van der Waals surface area contributed by atoms with Gasteiger partial charge in [0.15, 0.2) is 0 Å². The van der Waals surface area contributed by atoms with Crippen molar-refractivity contribution in [3.63, 3.8) is 0 Å². The average Bonchev–Trinajstić information content (AvgIpc) is 2.98. The maximum absolute atomic E-state index is 11.2. The molecule has 0 aromatic carbocycles. The number of carboxylic acids is 1. The van der Waals surface area contributed by atoms with E-state index in [9.17, 15) is 15.0 Å². The Bertz CT molecular complexity index is 605. The van der Waals surface area contributed by atoms with Gasteiger partial charge in [-0.25, -0.2) is 0 Å². The molecule has 4 aliphatic rings. The van der Waals surface area contributed by atoms with Crippen LogP contribution >= 0.6 is 0 Å². The summed E-state index contributed by atoms with van der Waals surface area (Å²) in [6.45, 7) is 7.16. The fourth-order valence-electron chi connectivity index (χ4n) is 8.73. The topological polar surface area (TPSA) is 77.8 Å². The van der Waals surface area contributed by atoms with Crippen molar-refractivity contribution >= 4 is 5.97 Å². The summed E-state index contributed by atoms with van der Waals surface area (Å²) in [4.78, 5) is 11.1. The van der Waals surface area contributed by atoms with Crippen LogP contribution in [0.1, 0.15) is 85.0 Å². The Morgan fingerprint density at radius 3 is 2.39 bits per heavy atom. The molecular formula is C24H40O4. The number of hydrogen-bond acceptors (Lipinski definition) is 3. The maximum Gasteiger partial charge on any atom is 0.303 e. The van der Waals surface area contributed by atoms with Gasteiger partial charge in [-0.05, 0) is 104 Å². The molecule has 4 rings (SSSR count). The highest BCUT2D eigenvalue weighted by Gasteiger charge is 2.62. The second-order valence-corrected chi connectivity index (χ2v) is 11.4. The number of fused-ring (bicyclic) bond motifs is 5. The lowest BCUT2D eigenvalue weighted by Crippen LogP contribution is -2.58. The molecule has 28 heavy (non-hydrogen) atoms. The van der Waals surface area contributed by atoms with E-state index in [1.807, 2.05) is 0 Å². The second kappa shape index (κ2) is 7.27. The Morgan fingerprint density at radius 1 is 1.00 bits per heavy atom. The van der Waals surface area contributed by atoms with Crippen LogP contribution < -0.4 is 0 Å². The standard InChI is InChI=1S/C24H40O4/c1-14(4-7-21(27)28)17-5-6-18-22-19(9-11-24(17,18)3)23(2)10-8-16(25)12-15(23)13-20(22)26/h14-20,22,25-26H,4-13H2,1-3H3,(H,27,28)/t14?,15-,16?,17+,18-,19?,20?,22+,23?,24?/m0/s1. The SMILES string of the molecule is CC(CCC(=O)O)[C@H]1CC[C@H]2[C@H]3C(O)C[C@@H]4CC(O)CCC4(C)C3CCC12C. The highest BCUT2D eigenvalue weighted by atomic mass is 16.4. The van der Waals surface area contributed by atoms with Crippen molar-refractivity contribution in [1.29, 1.82) is 0 Å². The summed E-state index contributed by atoms with van der Waals surface area (Å²) in [7, 11) is 0. The van der Waals surface area contributed by atoms with E-state index in [0.717, 1.165) is 32.1 Å². The van der Waals surface area contributed by atoms with Crippen molar-refractivity contribution in [2.75, 3.05) is 0 Å². The molecule has 4 nitrogen and oxygen atoms in total. The lowest BCUT2D eigenvalue weighted by molar-refractivity contribution is -0.174. The molecule has 0 aromatic rings. The Balaban J connectivity index is 1.55. The van der Waals surface area contributed by atoms with E-state index in [2.05, 4.69) is 20.8 Å². The Labute approximate surface area is 170 Å². The van der Waals surface area contributed by atoms with Crippen LogP contribution in [0.2, 0.25) is 0 Å². The number of aliphatic carboxylic acids is 1. The van der Waals surface area contributed by atoms with Gasteiger partial charge in [0.2, 0.25) is 0 Å². The summed E-state index contributed by atoms with van der Waals surface area (Å²) in [6, 6.07) is 0. The third kappa shape index (κ3) is 3.14. The summed E-state index contributed by atoms with van der Waals surface area (Å²) in [5, 5.41) is 30.5. The van der Waals surface area contributed by atoms with E-state index >= 15 is 0 Å². The lowest BCUT2D eigenvalue weighted by atomic mass is 9.43. The van der Waals surface area contributed by atoms with Crippen LogP contribution in [-0.4, -0.2) is 33.5 Å². The first-order valence-corrected chi connectivity index (χ1v) is 11.7. The van der Waals surface area contributed by atoms with Crippen LogP contribution in [0.15, 0.2) is 0 Å². The molecular weight excluding hydrogens is 352 g/mol. The van der Waals surface area contributed by atoms with Crippen molar-refractivity contribution in [3.8, 4) is 0 Å². The van der Waals surface area contributed by atoms with Gasteiger partial charge in [-0.1, -0.05) is 20.8 Å². The van der Waals surface area contributed by atoms with E-state index in [-0.39, 0.29) is 29.5 Å². The summed E-state index contributed by atoms with van der Waals surface area (Å²) >= 11 is 0. The van der Waals surface area contributed by atoms with Gasteiger partial charge >= 0.3 is 5.97 Å². The van der Waals surface area contributed by atoms with E-state index in [0.29, 0.717) is 35.5 Å². The van der Waals surface area contributed by atoms with Gasteiger partial charge in [0.1, 0.15) is 0 Å². The summed E-state index contributed by atoms with van der Waals surface area (Å²) < 4.78 is 0. The zero-order chi connectivity index (χ0) is 20.3. The number of aliphatic hydroxyl groups excluding tert-OH is 2. The molecule has 3 N–H and O–H groups in total. The van der Waals surface area contributed by atoms with Gasteiger partial charge in [0.05, 0.1) is 12.2 Å². The van der Waals surface area contributed by atoms with Gasteiger partial charge in [0, 0.05) is 6.42 Å². The molecule has 0 radical (unpaired) electrons.